The van der Waals surface area contributed by atoms with Crippen molar-refractivity contribution in [3.63, 3.8) is 0 Å². The zero-order chi connectivity index (χ0) is 14.0. The third kappa shape index (κ3) is 2.68. The molecule has 0 heterocycles. The first-order chi connectivity index (χ1) is 9.02. The van der Waals surface area contributed by atoms with Gasteiger partial charge < -0.3 is 0 Å². The van der Waals surface area contributed by atoms with Crippen molar-refractivity contribution in [2.75, 3.05) is 6.26 Å². The molecule has 0 amide bonds. The quantitative estimate of drug-likeness (QED) is 0.362. The number of hydrogen-bond acceptors (Lipinski definition) is 4. The van der Waals surface area contributed by atoms with Gasteiger partial charge in [-0.15, -0.1) is 11.8 Å². The highest BCUT2D eigenvalue weighted by atomic mass is 35.5. The summed E-state index contributed by atoms with van der Waals surface area (Å²) >= 11 is 7.55. The van der Waals surface area contributed by atoms with Crippen LogP contribution in [-0.4, -0.2) is 22.7 Å². The molecule has 3 nitrogen and oxygen atoms in total. The highest BCUT2D eigenvalue weighted by Crippen LogP contribution is 2.37. The van der Waals surface area contributed by atoms with E-state index in [9.17, 15) is 9.59 Å². The van der Waals surface area contributed by atoms with Gasteiger partial charge in [0, 0.05) is 16.4 Å². The molecule has 0 radical (unpaired) electrons. The van der Waals surface area contributed by atoms with E-state index in [-0.39, 0.29) is 5.92 Å². The van der Waals surface area contributed by atoms with Gasteiger partial charge in [-0.05, 0) is 31.2 Å². The van der Waals surface area contributed by atoms with Crippen molar-refractivity contribution in [1.82, 2.24) is 0 Å². The standard InChI is InChI=1S/C14H12ClNO2S/c1-19-11-6-4-10(5-7-11)13(18)14(15,8-16)12(17)9-2-3-9/h4-7,9H,2-3H2,1H3. The fourth-order valence-electron chi connectivity index (χ4n) is 1.79. The fraction of sp³-hybridized carbons (Fsp3) is 0.357. The molecule has 1 saturated carbocycles. The molecule has 19 heavy (non-hydrogen) atoms. The Morgan fingerprint density at radius 3 is 2.37 bits per heavy atom. The van der Waals surface area contributed by atoms with Gasteiger partial charge in [-0.2, -0.15) is 5.26 Å². The lowest BCUT2D eigenvalue weighted by molar-refractivity contribution is -0.120. The molecule has 0 aliphatic heterocycles. The molecular weight excluding hydrogens is 282 g/mol. The van der Waals surface area contributed by atoms with Crippen LogP contribution in [-0.2, 0) is 4.79 Å². The first-order valence-corrected chi connectivity index (χ1v) is 7.46. The highest BCUT2D eigenvalue weighted by Gasteiger charge is 2.50. The number of benzene rings is 1. The monoisotopic (exact) mass is 293 g/mol. The van der Waals surface area contributed by atoms with Gasteiger partial charge in [0.2, 0.25) is 5.78 Å². The van der Waals surface area contributed by atoms with Crippen molar-refractivity contribution < 1.29 is 9.59 Å². The molecule has 1 fully saturated rings. The van der Waals surface area contributed by atoms with Crippen LogP contribution < -0.4 is 0 Å². The molecule has 0 aromatic heterocycles. The number of rotatable bonds is 5. The van der Waals surface area contributed by atoms with Gasteiger partial charge in [0.25, 0.3) is 4.87 Å². The average Bonchev–Trinajstić information content (AvgIpc) is 3.29. The van der Waals surface area contributed by atoms with Crippen LogP contribution in [0.25, 0.3) is 0 Å². The largest absolute Gasteiger partial charge is 0.296 e. The van der Waals surface area contributed by atoms with Crippen molar-refractivity contribution in [1.29, 1.82) is 5.26 Å². The highest BCUT2D eigenvalue weighted by molar-refractivity contribution is 7.98. The Kier molecular flexibility index (Phi) is 3.98. The summed E-state index contributed by atoms with van der Waals surface area (Å²) < 4.78 is 0. The number of nitriles is 1. The van der Waals surface area contributed by atoms with Gasteiger partial charge in [0.1, 0.15) is 6.07 Å². The van der Waals surface area contributed by atoms with E-state index < -0.39 is 16.4 Å². The number of thioether (sulfide) groups is 1. The third-order valence-electron chi connectivity index (χ3n) is 3.11. The Morgan fingerprint density at radius 2 is 1.95 bits per heavy atom. The molecule has 1 atom stereocenters. The molecule has 2 rings (SSSR count). The van der Waals surface area contributed by atoms with Gasteiger partial charge in [-0.25, -0.2) is 0 Å². The van der Waals surface area contributed by atoms with Crippen LogP contribution >= 0.6 is 23.4 Å². The summed E-state index contributed by atoms with van der Waals surface area (Å²) in [7, 11) is 0. The Bertz CT molecular complexity index is 560. The predicted octanol–water partition coefficient (Wildman–Crippen LogP) is 3.07. The van der Waals surface area contributed by atoms with E-state index in [0.29, 0.717) is 18.4 Å². The fourth-order valence-corrected chi connectivity index (χ4v) is 2.46. The number of carbonyl (C=O) groups excluding carboxylic acids is 2. The summed E-state index contributed by atoms with van der Waals surface area (Å²) in [6, 6.07) is 8.43. The minimum atomic E-state index is -2.07. The lowest BCUT2D eigenvalue weighted by atomic mass is 9.91. The number of hydrogen-bond donors (Lipinski definition) is 0. The van der Waals surface area contributed by atoms with Crippen LogP contribution in [0.2, 0.25) is 0 Å². The Balaban J connectivity index is 2.29. The van der Waals surface area contributed by atoms with E-state index in [1.54, 1.807) is 42.1 Å². The molecule has 1 aliphatic rings. The first-order valence-electron chi connectivity index (χ1n) is 5.86. The zero-order valence-electron chi connectivity index (χ0n) is 10.4. The van der Waals surface area contributed by atoms with Crippen LogP contribution in [0, 0.1) is 17.2 Å². The minimum Gasteiger partial charge on any atom is -0.296 e. The zero-order valence-corrected chi connectivity index (χ0v) is 11.9. The molecule has 0 saturated heterocycles. The normalized spacial score (nSPS) is 17.3. The number of nitrogens with zero attached hydrogens (tertiary/aromatic N) is 1. The summed E-state index contributed by atoms with van der Waals surface area (Å²) in [5.41, 5.74) is 0.295. The lowest BCUT2D eigenvalue weighted by Crippen LogP contribution is -2.41. The van der Waals surface area contributed by atoms with E-state index in [4.69, 9.17) is 16.9 Å². The third-order valence-corrected chi connectivity index (χ3v) is 4.29. The van der Waals surface area contributed by atoms with Gasteiger partial charge in [-0.3, -0.25) is 9.59 Å². The molecule has 1 aliphatic carbocycles. The predicted molar refractivity (Wildman–Crippen MR) is 74.5 cm³/mol. The molecule has 0 bridgehead atoms. The van der Waals surface area contributed by atoms with Crippen molar-refractivity contribution >= 4 is 34.9 Å². The maximum Gasteiger partial charge on any atom is 0.250 e. The summed E-state index contributed by atoms with van der Waals surface area (Å²) in [5.74, 6) is -1.32. The SMILES string of the molecule is CSc1ccc(C(=O)C(Cl)(C#N)C(=O)C2CC2)cc1. The van der Waals surface area contributed by atoms with Crippen LogP contribution in [0.3, 0.4) is 0 Å². The average molecular weight is 294 g/mol. The molecule has 1 unspecified atom stereocenters. The van der Waals surface area contributed by atoms with Crippen LogP contribution in [0.15, 0.2) is 29.2 Å². The maximum atomic E-state index is 12.3. The van der Waals surface area contributed by atoms with E-state index in [0.717, 1.165) is 4.90 Å². The molecule has 0 spiro atoms. The van der Waals surface area contributed by atoms with E-state index in [1.165, 1.54) is 0 Å². The van der Waals surface area contributed by atoms with Crippen LogP contribution in [0.1, 0.15) is 23.2 Å². The second-order valence-electron chi connectivity index (χ2n) is 4.47. The van der Waals surface area contributed by atoms with Crippen molar-refractivity contribution in [2.24, 2.45) is 5.92 Å². The Morgan fingerprint density at radius 1 is 1.37 bits per heavy atom. The van der Waals surface area contributed by atoms with Crippen LogP contribution in [0.5, 0.6) is 0 Å². The van der Waals surface area contributed by atoms with Gasteiger partial charge in [0.05, 0.1) is 0 Å². The lowest BCUT2D eigenvalue weighted by Gasteiger charge is -2.16. The van der Waals surface area contributed by atoms with Crippen molar-refractivity contribution in [3.05, 3.63) is 29.8 Å². The molecule has 0 N–H and O–H groups in total. The summed E-state index contributed by atoms with van der Waals surface area (Å²) in [6.45, 7) is 0. The van der Waals surface area contributed by atoms with Crippen molar-refractivity contribution in [3.8, 4) is 6.07 Å². The molecule has 1 aromatic carbocycles. The second kappa shape index (κ2) is 5.36. The topological polar surface area (TPSA) is 57.9 Å². The number of halogens is 1. The summed E-state index contributed by atoms with van der Waals surface area (Å²) in [6.07, 6.45) is 3.36. The molecule has 5 heteroatoms. The molecule has 1 aromatic rings. The number of ketones is 2. The summed E-state index contributed by atoms with van der Waals surface area (Å²) in [5, 5.41) is 9.14. The Labute approximate surface area is 120 Å². The van der Waals surface area contributed by atoms with Gasteiger partial charge in [-0.1, -0.05) is 23.7 Å². The minimum absolute atomic E-state index is 0.230. The summed E-state index contributed by atoms with van der Waals surface area (Å²) in [4.78, 5) is 23.2. The van der Waals surface area contributed by atoms with Gasteiger partial charge >= 0.3 is 0 Å². The van der Waals surface area contributed by atoms with E-state index >= 15 is 0 Å². The maximum absolute atomic E-state index is 12.3. The Hall–Kier alpha value is -1.31. The number of alkyl halides is 1. The van der Waals surface area contributed by atoms with E-state index in [2.05, 4.69) is 0 Å². The number of carbonyl (C=O) groups is 2. The van der Waals surface area contributed by atoms with Gasteiger partial charge in [0.15, 0.2) is 5.78 Å². The van der Waals surface area contributed by atoms with Crippen molar-refractivity contribution in [2.45, 2.75) is 22.6 Å². The van der Waals surface area contributed by atoms with Crippen LogP contribution in [0.4, 0.5) is 0 Å². The smallest absolute Gasteiger partial charge is 0.250 e. The molecule has 98 valence electrons. The first kappa shape index (κ1) is 14.1. The molecular formula is C14H12ClNO2S. The van der Waals surface area contributed by atoms with E-state index in [1.807, 2.05) is 6.26 Å². The number of Topliss-reactive ketones (excluding diaryl/α,β-unsaturated/α-hetero) is 2. The second-order valence-corrected chi connectivity index (χ2v) is 5.91.